The predicted molar refractivity (Wildman–Crippen MR) is 78.5 cm³/mol. The highest BCUT2D eigenvalue weighted by Crippen LogP contribution is 2.20. The molecule has 0 aliphatic heterocycles. The Hall–Kier alpha value is -0.730. The quantitative estimate of drug-likeness (QED) is 0.423. The molecule has 1 nitrogen and oxygen atoms in total. The van der Waals surface area contributed by atoms with Gasteiger partial charge in [-0.3, -0.25) is 0 Å². The molecule has 1 aromatic rings. The van der Waals surface area contributed by atoms with Gasteiger partial charge in [-0.2, -0.15) is 0 Å². The van der Waals surface area contributed by atoms with Crippen LogP contribution in [0.4, 0.5) is 0 Å². The van der Waals surface area contributed by atoms with Gasteiger partial charge in [-0.1, -0.05) is 32.1 Å². The number of benzene rings is 1. The summed E-state index contributed by atoms with van der Waals surface area (Å²) in [5.74, 6) is 1.83. The van der Waals surface area contributed by atoms with Gasteiger partial charge < -0.3 is 5.32 Å². The number of hydrogen-bond acceptors (Lipinski definition) is 2. The molecule has 0 bridgehead atoms. The van der Waals surface area contributed by atoms with Crippen LogP contribution in [0.2, 0.25) is 0 Å². The maximum Gasteiger partial charge on any atom is 0.0206 e. The highest BCUT2D eigenvalue weighted by atomic mass is 32.2. The summed E-state index contributed by atoms with van der Waals surface area (Å²) >= 11 is 1.90. The lowest BCUT2D eigenvalue weighted by molar-refractivity contribution is 0.552. The van der Waals surface area contributed by atoms with Crippen molar-refractivity contribution in [2.45, 2.75) is 31.7 Å². The van der Waals surface area contributed by atoms with Crippen LogP contribution in [0.5, 0.6) is 0 Å². The summed E-state index contributed by atoms with van der Waals surface area (Å²) in [6.45, 7) is 10.2. The van der Waals surface area contributed by atoms with E-state index in [1.165, 1.54) is 10.5 Å². The SMILES string of the molecule is C=CCCSc1cccc(CNCC(C)C)c1. The zero-order valence-electron chi connectivity index (χ0n) is 10.9. The Labute approximate surface area is 110 Å². The highest BCUT2D eigenvalue weighted by molar-refractivity contribution is 7.99. The van der Waals surface area contributed by atoms with Crippen molar-refractivity contribution in [3.63, 3.8) is 0 Å². The third-order valence-corrected chi connectivity index (χ3v) is 3.40. The number of thioether (sulfide) groups is 1. The van der Waals surface area contributed by atoms with Gasteiger partial charge in [0.15, 0.2) is 0 Å². The van der Waals surface area contributed by atoms with Gasteiger partial charge in [0.1, 0.15) is 0 Å². The second-order valence-electron chi connectivity index (χ2n) is 4.60. The summed E-state index contributed by atoms with van der Waals surface area (Å²) < 4.78 is 0. The third-order valence-electron chi connectivity index (χ3n) is 2.37. The topological polar surface area (TPSA) is 12.0 Å². The Bertz CT molecular complexity index is 333. The first-order valence-electron chi connectivity index (χ1n) is 6.25. The van der Waals surface area contributed by atoms with E-state index in [-0.39, 0.29) is 0 Å². The Morgan fingerprint density at radius 1 is 1.41 bits per heavy atom. The lowest BCUT2D eigenvalue weighted by atomic mass is 10.2. The summed E-state index contributed by atoms with van der Waals surface area (Å²) in [5.41, 5.74) is 1.37. The summed E-state index contributed by atoms with van der Waals surface area (Å²) in [5, 5.41) is 3.47. The molecule has 0 heterocycles. The van der Waals surface area contributed by atoms with Gasteiger partial charge in [-0.05, 0) is 36.6 Å². The lowest BCUT2D eigenvalue weighted by Gasteiger charge is -2.08. The summed E-state index contributed by atoms with van der Waals surface area (Å²) in [6.07, 6.45) is 3.04. The number of nitrogens with one attached hydrogen (secondary N) is 1. The van der Waals surface area contributed by atoms with Crippen LogP contribution in [0.3, 0.4) is 0 Å². The van der Waals surface area contributed by atoms with Crippen molar-refractivity contribution >= 4 is 11.8 Å². The molecule has 1 aromatic carbocycles. The van der Waals surface area contributed by atoms with E-state index >= 15 is 0 Å². The molecule has 94 valence electrons. The Kier molecular flexibility index (Phi) is 7.06. The van der Waals surface area contributed by atoms with Crippen molar-refractivity contribution in [1.29, 1.82) is 0 Å². The number of allylic oxidation sites excluding steroid dienone is 1. The van der Waals surface area contributed by atoms with Crippen LogP contribution >= 0.6 is 11.8 Å². The first-order valence-corrected chi connectivity index (χ1v) is 7.24. The average molecular weight is 249 g/mol. The third kappa shape index (κ3) is 6.54. The molecule has 0 aromatic heterocycles. The van der Waals surface area contributed by atoms with Gasteiger partial charge >= 0.3 is 0 Å². The zero-order valence-corrected chi connectivity index (χ0v) is 11.7. The maximum atomic E-state index is 3.74. The molecule has 0 aliphatic carbocycles. The van der Waals surface area contributed by atoms with Gasteiger partial charge in [0, 0.05) is 17.2 Å². The van der Waals surface area contributed by atoms with E-state index in [0.717, 1.165) is 25.3 Å². The number of rotatable bonds is 8. The van der Waals surface area contributed by atoms with Gasteiger partial charge in [0.05, 0.1) is 0 Å². The fraction of sp³-hybridized carbons (Fsp3) is 0.467. The first-order chi connectivity index (χ1) is 8.22. The fourth-order valence-electron chi connectivity index (χ4n) is 1.51. The van der Waals surface area contributed by atoms with Crippen LogP contribution in [0.1, 0.15) is 25.8 Å². The number of hydrogen-bond donors (Lipinski definition) is 1. The standard InChI is InChI=1S/C15H23NS/c1-4-5-9-17-15-8-6-7-14(10-15)12-16-11-13(2)3/h4,6-8,10,13,16H,1,5,9,11-12H2,2-3H3. The molecule has 2 heteroatoms. The van der Waals surface area contributed by atoms with E-state index in [1.807, 2.05) is 17.8 Å². The van der Waals surface area contributed by atoms with Gasteiger partial charge in [0.25, 0.3) is 0 Å². The van der Waals surface area contributed by atoms with Crippen molar-refractivity contribution in [3.05, 3.63) is 42.5 Å². The summed E-state index contributed by atoms with van der Waals surface area (Å²) in [6, 6.07) is 8.79. The molecule has 17 heavy (non-hydrogen) atoms. The van der Waals surface area contributed by atoms with Crippen LogP contribution < -0.4 is 5.32 Å². The first kappa shape index (κ1) is 14.3. The monoisotopic (exact) mass is 249 g/mol. The smallest absolute Gasteiger partial charge is 0.0206 e. The van der Waals surface area contributed by atoms with E-state index in [9.17, 15) is 0 Å². The molecule has 0 spiro atoms. The van der Waals surface area contributed by atoms with Crippen LogP contribution in [0.25, 0.3) is 0 Å². The van der Waals surface area contributed by atoms with Crippen LogP contribution in [-0.4, -0.2) is 12.3 Å². The molecule has 0 aliphatic rings. The van der Waals surface area contributed by atoms with E-state index in [4.69, 9.17) is 0 Å². The van der Waals surface area contributed by atoms with Crippen molar-refractivity contribution in [2.24, 2.45) is 5.92 Å². The van der Waals surface area contributed by atoms with Crippen molar-refractivity contribution in [1.82, 2.24) is 5.32 Å². The van der Waals surface area contributed by atoms with Crippen molar-refractivity contribution in [2.75, 3.05) is 12.3 Å². The second kappa shape index (κ2) is 8.37. The fourth-order valence-corrected chi connectivity index (χ4v) is 2.44. The van der Waals surface area contributed by atoms with E-state index in [2.05, 4.69) is 50.0 Å². The Morgan fingerprint density at radius 2 is 2.24 bits per heavy atom. The van der Waals surface area contributed by atoms with Crippen LogP contribution in [-0.2, 0) is 6.54 Å². The summed E-state index contributed by atoms with van der Waals surface area (Å²) in [7, 11) is 0. The minimum absolute atomic E-state index is 0.708. The molecule has 0 saturated carbocycles. The largest absolute Gasteiger partial charge is 0.312 e. The molecule has 1 rings (SSSR count). The molecule has 0 unspecified atom stereocenters. The minimum Gasteiger partial charge on any atom is -0.312 e. The van der Waals surface area contributed by atoms with Crippen LogP contribution in [0.15, 0.2) is 41.8 Å². The second-order valence-corrected chi connectivity index (χ2v) is 5.77. The van der Waals surface area contributed by atoms with Crippen LogP contribution in [0, 0.1) is 5.92 Å². The molecule has 0 fully saturated rings. The molecule has 0 radical (unpaired) electrons. The minimum atomic E-state index is 0.708. The van der Waals surface area contributed by atoms with E-state index < -0.39 is 0 Å². The van der Waals surface area contributed by atoms with Gasteiger partial charge in [-0.15, -0.1) is 18.3 Å². The molecular weight excluding hydrogens is 226 g/mol. The lowest BCUT2D eigenvalue weighted by Crippen LogP contribution is -2.18. The normalized spacial score (nSPS) is 10.8. The highest BCUT2D eigenvalue weighted by Gasteiger charge is 1.98. The van der Waals surface area contributed by atoms with Crippen molar-refractivity contribution < 1.29 is 0 Å². The Balaban J connectivity index is 2.39. The van der Waals surface area contributed by atoms with Gasteiger partial charge in [0.2, 0.25) is 0 Å². The molecule has 0 atom stereocenters. The molecule has 0 saturated heterocycles. The summed E-state index contributed by atoms with van der Waals surface area (Å²) in [4.78, 5) is 1.36. The average Bonchev–Trinajstić information content (AvgIpc) is 2.29. The van der Waals surface area contributed by atoms with Crippen molar-refractivity contribution in [3.8, 4) is 0 Å². The van der Waals surface area contributed by atoms with E-state index in [1.54, 1.807) is 0 Å². The maximum absolute atomic E-state index is 3.74. The van der Waals surface area contributed by atoms with Gasteiger partial charge in [-0.25, -0.2) is 0 Å². The predicted octanol–water partition coefficient (Wildman–Crippen LogP) is 4.10. The van der Waals surface area contributed by atoms with E-state index in [0.29, 0.717) is 5.92 Å². The molecule has 0 amide bonds. The Morgan fingerprint density at radius 3 is 2.94 bits per heavy atom. The molecular formula is C15H23NS. The zero-order chi connectivity index (χ0) is 12.5. The molecule has 1 N–H and O–H groups in total.